The van der Waals surface area contributed by atoms with Gasteiger partial charge in [-0.2, -0.15) is 0 Å². The number of hydrogen-bond acceptors (Lipinski definition) is 1. The highest BCUT2D eigenvalue weighted by molar-refractivity contribution is 6.31. The molecule has 1 aromatic rings. The van der Waals surface area contributed by atoms with Gasteiger partial charge in [0, 0.05) is 17.0 Å². The number of hydrogen-bond donors (Lipinski definition) is 1. The first-order valence-corrected chi connectivity index (χ1v) is 5.27. The molecule has 0 amide bonds. The largest absolute Gasteiger partial charge is 0.327 e. The third-order valence-electron chi connectivity index (χ3n) is 2.93. The zero-order valence-corrected chi connectivity index (χ0v) is 8.60. The zero-order chi connectivity index (χ0) is 10.1. The molecule has 0 aromatic heterocycles. The summed E-state index contributed by atoms with van der Waals surface area (Å²) in [5, 5.41) is 0.633. The van der Waals surface area contributed by atoms with E-state index in [1.165, 1.54) is 12.1 Å². The minimum atomic E-state index is -0.233. The van der Waals surface area contributed by atoms with Gasteiger partial charge in [0.1, 0.15) is 5.82 Å². The molecule has 0 bridgehead atoms. The van der Waals surface area contributed by atoms with Gasteiger partial charge in [-0.05, 0) is 36.6 Å². The summed E-state index contributed by atoms with van der Waals surface area (Å²) in [5.74, 6) is 0.00157. The fourth-order valence-electron chi connectivity index (χ4n) is 2.17. The van der Waals surface area contributed by atoms with E-state index in [9.17, 15) is 4.39 Å². The highest BCUT2D eigenvalue weighted by Gasteiger charge is 2.27. The van der Waals surface area contributed by atoms with Gasteiger partial charge in [-0.25, -0.2) is 4.39 Å². The molecular formula is C11H13ClFN. The van der Waals surface area contributed by atoms with E-state index >= 15 is 0 Å². The third-order valence-corrected chi connectivity index (χ3v) is 3.27. The van der Waals surface area contributed by atoms with Crippen LogP contribution in [0.5, 0.6) is 0 Å². The molecule has 3 heteroatoms. The van der Waals surface area contributed by atoms with E-state index in [4.69, 9.17) is 17.3 Å². The van der Waals surface area contributed by atoms with Crippen molar-refractivity contribution < 1.29 is 4.39 Å². The Morgan fingerprint density at radius 1 is 1.36 bits per heavy atom. The first-order valence-electron chi connectivity index (χ1n) is 4.89. The summed E-state index contributed by atoms with van der Waals surface area (Å²) in [6, 6.07) is 4.64. The van der Waals surface area contributed by atoms with Gasteiger partial charge < -0.3 is 5.73 Å². The Bertz CT molecular complexity index is 340. The Morgan fingerprint density at radius 3 is 2.79 bits per heavy atom. The van der Waals surface area contributed by atoms with Gasteiger partial charge in [-0.3, -0.25) is 0 Å². The topological polar surface area (TPSA) is 26.0 Å². The Kier molecular flexibility index (Phi) is 2.75. The lowest BCUT2D eigenvalue weighted by Gasteiger charge is -2.17. The van der Waals surface area contributed by atoms with Crippen LogP contribution in [0.1, 0.15) is 30.7 Å². The lowest BCUT2D eigenvalue weighted by molar-refractivity contribution is 0.594. The van der Waals surface area contributed by atoms with E-state index in [2.05, 4.69) is 0 Å². The summed E-state index contributed by atoms with van der Waals surface area (Å²) in [6.45, 7) is 0. The molecule has 1 aliphatic rings. The fraction of sp³-hybridized carbons (Fsp3) is 0.455. The van der Waals surface area contributed by atoms with Crippen LogP contribution >= 0.6 is 11.6 Å². The fourth-order valence-corrected chi connectivity index (χ4v) is 2.43. The van der Waals surface area contributed by atoms with Gasteiger partial charge in [0.25, 0.3) is 0 Å². The van der Waals surface area contributed by atoms with Crippen LogP contribution in [0.3, 0.4) is 0 Å². The van der Waals surface area contributed by atoms with Crippen LogP contribution in [0.25, 0.3) is 0 Å². The van der Waals surface area contributed by atoms with E-state index in [0.717, 1.165) is 24.8 Å². The summed E-state index contributed by atoms with van der Waals surface area (Å²) in [6.07, 6.45) is 3.14. The number of halogens is 2. The number of nitrogens with two attached hydrogens (primary N) is 1. The van der Waals surface area contributed by atoms with Crippen LogP contribution in [-0.4, -0.2) is 6.04 Å². The van der Waals surface area contributed by atoms with Crippen molar-refractivity contribution >= 4 is 11.6 Å². The van der Waals surface area contributed by atoms with E-state index in [1.807, 2.05) is 0 Å². The van der Waals surface area contributed by atoms with Gasteiger partial charge in [-0.15, -0.1) is 0 Å². The SMILES string of the molecule is NC1CCCC1c1cc(F)ccc1Cl. The van der Waals surface area contributed by atoms with Gasteiger partial charge in [0.05, 0.1) is 0 Å². The predicted octanol–water partition coefficient (Wildman–Crippen LogP) is 3.07. The van der Waals surface area contributed by atoms with Crippen LogP contribution in [0.15, 0.2) is 18.2 Å². The standard InChI is InChI=1S/C11H13ClFN/c12-10-5-4-7(13)6-9(10)8-2-1-3-11(8)14/h4-6,8,11H,1-3,14H2. The molecule has 14 heavy (non-hydrogen) atoms. The van der Waals surface area contributed by atoms with Crippen LogP contribution in [0, 0.1) is 5.82 Å². The van der Waals surface area contributed by atoms with Crippen LogP contribution < -0.4 is 5.73 Å². The predicted molar refractivity (Wildman–Crippen MR) is 56.0 cm³/mol. The van der Waals surface area contributed by atoms with E-state index < -0.39 is 0 Å². The Hall–Kier alpha value is -0.600. The molecule has 1 nitrogen and oxygen atoms in total. The monoisotopic (exact) mass is 213 g/mol. The number of rotatable bonds is 1. The molecule has 0 heterocycles. The molecule has 2 rings (SSSR count). The molecule has 1 fully saturated rings. The second-order valence-corrected chi connectivity index (χ2v) is 4.27. The van der Waals surface area contributed by atoms with E-state index in [-0.39, 0.29) is 17.8 Å². The van der Waals surface area contributed by atoms with Crippen molar-refractivity contribution in [3.8, 4) is 0 Å². The lowest BCUT2D eigenvalue weighted by Crippen LogP contribution is -2.23. The van der Waals surface area contributed by atoms with Gasteiger partial charge in [0.15, 0.2) is 0 Å². The minimum Gasteiger partial charge on any atom is -0.327 e. The molecule has 0 aliphatic heterocycles. The molecule has 1 aromatic carbocycles. The van der Waals surface area contributed by atoms with Gasteiger partial charge in [-0.1, -0.05) is 18.0 Å². The normalized spacial score (nSPS) is 26.8. The smallest absolute Gasteiger partial charge is 0.123 e. The van der Waals surface area contributed by atoms with E-state index in [1.54, 1.807) is 6.07 Å². The minimum absolute atomic E-state index is 0.134. The number of benzene rings is 1. The summed E-state index contributed by atoms with van der Waals surface area (Å²) >= 11 is 6.02. The van der Waals surface area contributed by atoms with Gasteiger partial charge >= 0.3 is 0 Å². The van der Waals surface area contributed by atoms with Crippen molar-refractivity contribution in [3.05, 3.63) is 34.6 Å². The Morgan fingerprint density at radius 2 is 2.14 bits per heavy atom. The first-order chi connectivity index (χ1) is 6.68. The molecule has 0 radical (unpaired) electrons. The van der Waals surface area contributed by atoms with Crippen molar-refractivity contribution in [2.75, 3.05) is 0 Å². The summed E-state index contributed by atoms with van der Waals surface area (Å²) < 4.78 is 13.0. The molecule has 0 spiro atoms. The second-order valence-electron chi connectivity index (χ2n) is 3.87. The van der Waals surface area contributed by atoms with Crippen molar-refractivity contribution in [2.45, 2.75) is 31.2 Å². The maximum absolute atomic E-state index is 13.0. The Labute approximate surface area is 88.1 Å². The quantitative estimate of drug-likeness (QED) is 0.763. The highest BCUT2D eigenvalue weighted by atomic mass is 35.5. The van der Waals surface area contributed by atoms with Gasteiger partial charge in [0.2, 0.25) is 0 Å². The summed E-state index contributed by atoms with van der Waals surface area (Å²) in [5.41, 5.74) is 6.82. The van der Waals surface area contributed by atoms with Crippen LogP contribution in [-0.2, 0) is 0 Å². The highest BCUT2D eigenvalue weighted by Crippen LogP contribution is 2.37. The van der Waals surface area contributed by atoms with Crippen molar-refractivity contribution in [1.29, 1.82) is 0 Å². The van der Waals surface area contributed by atoms with Crippen LogP contribution in [0.4, 0.5) is 4.39 Å². The van der Waals surface area contributed by atoms with E-state index in [0.29, 0.717) is 5.02 Å². The maximum atomic E-state index is 13.0. The molecule has 76 valence electrons. The maximum Gasteiger partial charge on any atom is 0.123 e. The average Bonchev–Trinajstić information content (AvgIpc) is 2.56. The Balaban J connectivity index is 2.34. The lowest BCUT2D eigenvalue weighted by atomic mass is 9.94. The average molecular weight is 214 g/mol. The zero-order valence-electron chi connectivity index (χ0n) is 7.84. The molecule has 2 unspecified atom stereocenters. The molecule has 2 N–H and O–H groups in total. The van der Waals surface area contributed by atoms with Crippen molar-refractivity contribution in [3.63, 3.8) is 0 Å². The molecule has 0 saturated heterocycles. The second kappa shape index (κ2) is 3.87. The molecular weight excluding hydrogens is 201 g/mol. The summed E-state index contributed by atoms with van der Waals surface area (Å²) in [7, 11) is 0. The molecule has 2 atom stereocenters. The van der Waals surface area contributed by atoms with Crippen molar-refractivity contribution in [1.82, 2.24) is 0 Å². The van der Waals surface area contributed by atoms with Crippen LogP contribution in [0.2, 0.25) is 5.02 Å². The first kappa shape index (κ1) is 9.94. The third kappa shape index (κ3) is 1.77. The molecule has 1 saturated carbocycles. The molecule has 1 aliphatic carbocycles. The van der Waals surface area contributed by atoms with Crippen molar-refractivity contribution in [2.24, 2.45) is 5.73 Å². The summed E-state index contributed by atoms with van der Waals surface area (Å²) in [4.78, 5) is 0.